The van der Waals surface area contributed by atoms with Gasteiger partial charge in [0.05, 0.1) is 10.6 Å². The first kappa shape index (κ1) is 27.0. The van der Waals surface area contributed by atoms with Crippen LogP contribution in [-0.4, -0.2) is 55.1 Å². The smallest absolute Gasteiger partial charge is 0.241 e. The van der Waals surface area contributed by atoms with Gasteiger partial charge in [0.1, 0.15) is 12.4 Å². The SMILES string of the molecule is Cc1cnc(Nc2ccc(OCCN3CCCC3)cc2)nc1Cc1cccc(S(=O)(=O)NC(C)(C)C)c1. The Morgan fingerprint density at radius 1 is 1.05 bits per heavy atom. The average molecular weight is 524 g/mol. The van der Waals surface area contributed by atoms with E-state index in [0.717, 1.165) is 34.8 Å². The Bertz CT molecular complexity index is 1300. The van der Waals surface area contributed by atoms with Crippen molar-refractivity contribution in [3.05, 3.63) is 71.5 Å². The molecule has 1 fully saturated rings. The first-order chi connectivity index (χ1) is 17.6. The van der Waals surface area contributed by atoms with E-state index in [1.165, 1.54) is 25.9 Å². The molecule has 1 aromatic heterocycles. The van der Waals surface area contributed by atoms with Gasteiger partial charge in [0.25, 0.3) is 0 Å². The van der Waals surface area contributed by atoms with E-state index in [-0.39, 0.29) is 4.90 Å². The summed E-state index contributed by atoms with van der Waals surface area (Å²) in [5.41, 5.74) is 2.94. The van der Waals surface area contributed by atoms with Crippen molar-refractivity contribution in [2.75, 3.05) is 31.6 Å². The molecule has 37 heavy (non-hydrogen) atoms. The van der Waals surface area contributed by atoms with Crippen LogP contribution in [0.15, 0.2) is 59.6 Å². The van der Waals surface area contributed by atoms with E-state index in [1.807, 2.05) is 58.0 Å². The molecule has 0 unspecified atom stereocenters. The zero-order valence-electron chi connectivity index (χ0n) is 22.1. The predicted octanol–water partition coefficient (Wildman–Crippen LogP) is 4.67. The number of nitrogens with one attached hydrogen (secondary N) is 2. The Kier molecular flexibility index (Phi) is 8.46. The number of aromatic nitrogens is 2. The maximum absolute atomic E-state index is 12.8. The van der Waals surface area contributed by atoms with Gasteiger partial charge in [-0.3, -0.25) is 4.90 Å². The third-order valence-corrected chi connectivity index (χ3v) is 7.84. The summed E-state index contributed by atoms with van der Waals surface area (Å²) in [5, 5.41) is 3.25. The van der Waals surface area contributed by atoms with Crippen molar-refractivity contribution in [2.24, 2.45) is 0 Å². The molecule has 1 saturated heterocycles. The maximum atomic E-state index is 12.8. The van der Waals surface area contributed by atoms with E-state index < -0.39 is 15.6 Å². The van der Waals surface area contributed by atoms with Crippen LogP contribution in [0.5, 0.6) is 5.75 Å². The van der Waals surface area contributed by atoms with Gasteiger partial charge in [-0.1, -0.05) is 12.1 Å². The van der Waals surface area contributed by atoms with Crippen molar-refractivity contribution < 1.29 is 13.2 Å². The molecule has 0 bridgehead atoms. The summed E-state index contributed by atoms with van der Waals surface area (Å²) in [4.78, 5) is 11.8. The highest BCUT2D eigenvalue weighted by molar-refractivity contribution is 7.89. The lowest BCUT2D eigenvalue weighted by Crippen LogP contribution is -2.40. The zero-order valence-corrected chi connectivity index (χ0v) is 22.9. The number of anilines is 2. The summed E-state index contributed by atoms with van der Waals surface area (Å²) in [6.45, 7) is 11.4. The normalized spacial score (nSPS) is 14.6. The average Bonchev–Trinajstić information content (AvgIpc) is 3.35. The number of likely N-dealkylation sites (tertiary alicyclic amines) is 1. The molecule has 0 spiro atoms. The number of sulfonamides is 1. The Labute approximate surface area is 220 Å². The molecule has 1 aliphatic rings. The van der Waals surface area contributed by atoms with Crippen molar-refractivity contribution in [2.45, 2.75) is 57.4 Å². The fraction of sp³-hybridized carbons (Fsp3) is 0.429. The topological polar surface area (TPSA) is 96.5 Å². The van der Waals surface area contributed by atoms with Crippen molar-refractivity contribution in [1.29, 1.82) is 0 Å². The number of benzene rings is 2. The first-order valence-corrected chi connectivity index (χ1v) is 14.2. The van der Waals surface area contributed by atoms with Crippen LogP contribution in [0.4, 0.5) is 11.6 Å². The van der Waals surface area contributed by atoms with Crippen molar-refractivity contribution in [3.63, 3.8) is 0 Å². The molecule has 9 heteroatoms. The van der Waals surface area contributed by atoms with Crippen molar-refractivity contribution >= 4 is 21.7 Å². The Hall–Kier alpha value is -3.01. The van der Waals surface area contributed by atoms with Crippen LogP contribution in [0, 0.1) is 6.92 Å². The Morgan fingerprint density at radius 2 is 1.78 bits per heavy atom. The molecule has 0 amide bonds. The molecular formula is C28H37N5O3S. The van der Waals surface area contributed by atoms with Gasteiger partial charge in [-0.15, -0.1) is 0 Å². The van der Waals surface area contributed by atoms with E-state index in [1.54, 1.807) is 24.4 Å². The molecule has 198 valence electrons. The fourth-order valence-corrected chi connectivity index (χ4v) is 5.75. The second kappa shape index (κ2) is 11.6. The molecular weight excluding hydrogens is 486 g/mol. The largest absolute Gasteiger partial charge is 0.492 e. The van der Waals surface area contributed by atoms with Crippen molar-refractivity contribution in [3.8, 4) is 5.75 Å². The lowest BCUT2D eigenvalue weighted by Gasteiger charge is -2.20. The summed E-state index contributed by atoms with van der Waals surface area (Å²) >= 11 is 0. The van der Waals surface area contributed by atoms with Gasteiger partial charge in [0.15, 0.2) is 0 Å². The van der Waals surface area contributed by atoms with Gasteiger partial charge in [-0.2, -0.15) is 0 Å². The molecule has 4 rings (SSSR count). The predicted molar refractivity (Wildman–Crippen MR) is 147 cm³/mol. The van der Waals surface area contributed by atoms with E-state index >= 15 is 0 Å². The molecule has 0 atom stereocenters. The highest BCUT2D eigenvalue weighted by atomic mass is 32.2. The van der Waals surface area contributed by atoms with Crippen LogP contribution < -0.4 is 14.8 Å². The maximum Gasteiger partial charge on any atom is 0.241 e. The molecule has 2 heterocycles. The highest BCUT2D eigenvalue weighted by Crippen LogP contribution is 2.21. The minimum absolute atomic E-state index is 0.243. The quantitative estimate of drug-likeness (QED) is 0.399. The minimum atomic E-state index is -3.61. The van der Waals surface area contributed by atoms with Crippen LogP contribution in [0.2, 0.25) is 0 Å². The van der Waals surface area contributed by atoms with Crippen LogP contribution in [-0.2, 0) is 16.4 Å². The highest BCUT2D eigenvalue weighted by Gasteiger charge is 2.22. The molecule has 2 N–H and O–H groups in total. The van der Waals surface area contributed by atoms with Crippen LogP contribution in [0.25, 0.3) is 0 Å². The van der Waals surface area contributed by atoms with E-state index in [0.29, 0.717) is 19.0 Å². The monoisotopic (exact) mass is 523 g/mol. The second-order valence-electron chi connectivity index (χ2n) is 10.5. The van der Waals surface area contributed by atoms with Crippen molar-refractivity contribution in [1.82, 2.24) is 19.6 Å². The number of ether oxygens (including phenoxy) is 1. The Morgan fingerprint density at radius 3 is 2.49 bits per heavy atom. The summed E-state index contributed by atoms with van der Waals surface area (Å²) in [7, 11) is -3.61. The molecule has 3 aromatic rings. The first-order valence-electron chi connectivity index (χ1n) is 12.8. The lowest BCUT2D eigenvalue weighted by molar-refractivity contribution is 0.238. The van der Waals surface area contributed by atoms with Crippen LogP contribution in [0.3, 0.4) is 0 Å². The lowest BCUT2D eigenvalue weighted by atomic mass is 10.1. The van der Waals surface area contributed by atoms with Gasteiger partial charge in [-0.25, -0.2) is 23.1 Å². The molecule has 2 aromatic carbocycles. The van der Waals surface area contributed by atoms with Crippen LogP contribution >= 0.6 is 0 Å². The summed E-state index contributed by atoms with van der Waals surface area (Å²) in [5.74, 6) is 1.33. The molecule has 8 nitrogen and oxygen atoms in total. The second-order valence-corrected chi connectivity index (χ2v) is 12.2. The third kappa shape index (κ3) is 7.99. The standard InChI is InChI=1S/C28H37N5O3S/c1-21-20-29-27(30-23-10-12-24(13-11-23)36-17-16-33-14-5-6-15-33)31-26(21)19-22-8-7-9-25(18-22)37(34,35)32-28(2,3)4/h7-13,18,20,32H,5-6,14-17,19H2,1-4H3,(H,29,30,31). The van der Waals surface area contributed by atoms with Gasteiger partial charge in [0.2, 0.25) is 16.0 Å². The number of rotatable bonds is 10. The van der Waals surface area contributed by atoms with Gasteiger partial charge in [0, 0.05) is 30.4 Å². The number of hydrogen-bond donors (Lipinski definition) is 2. The minimum Gasteiger partial charge on any atom is -0.492 e. The molecule has 1 aliphatic heterocycles. The Balaban J connectivity index is 1.39. The van der Waals surface area contributed by atoms with E-state index in [2.05, 4.69) is 19.9 Å². The van der Waals surface area contributed by atoms with E-state index in [9.17, 15) is 8.42 Å². The summed E-state index contributed by atoms with van der Waals surface area (Å²) in [6, 6.07) is 14.8. The number of aryl methyl sites for hydroxylation is 1. The fourth-order valence-electron chi connectivity index (χ4n) is 4.26. The molecule has 0 aliphatic carbocycles. The van der Waals surface area contributed by atoms with E-state index in [4.69, 9.17) is 9.72 Å². The molecule has 0 saturated carbocycles. The summed E-state index contributed by atoms with van der Waals surface area (Å²) < 4.78 is 34.1. The van der Waals surface area contributed by atoms with Gasteiger partial charge < -0.3 is 10.1 Å². The summed E-state index contributed by atoms with van der Waals surface area (Å²) in [6.07, 6.45) is 4.84. The third-order valence-electron chi connectivity index (χ3n) is 6.08. The van der Waals surface area contributed by atoms with Gasteiger partial charge >= 0.3 is 0 Å². The number of hydrogen-bond acceptors (Lipinski definition) is 7. The zero-order chi connectivity index (χ0) is 26.5. The number of nitrogens with zero attached hydrogens (tertiary/aromatic N) is 3. The van der Waals surface area contributed by atoms with Gasteiger partial charge in [-0.05, 0) is 101 Å². The molecule has 0 radical (unpaired) electrons. The van der Waals surface area contributed by atoms with Crippen LogP contribution in [0.1, 0.15) is 50.4 Å².